The van der Waals surface area contributed by atoms with Gasteiger partial charge in [-0.2, -0.15) is 13.2 Å². The van der Waals surface area contributed by atoms with Crippen LogP contribution in [-0.4, -0.2) is 67.4 Å². The average Bonchev–Trinajstić information content (AvgIpc) is 3.21. The van der Waals surface area contributed by atoms with E-state index in [0.29, 0.717) is 63.2 Å². The van der Waals surface area contributed by atoms with E-state index in [4.69, 9.17) is 15.2 Å². The highest BCUT2D eigenvalue weighted by atomic mass is 19.4. The van der Waals surface area contributed by atoms with Crippen LogP contribution in [0.25, 0.3) is 0 Å². The van der Waals surface area contributed by atoms with Crippen molar-refractivity contribution in [2.24, 2.45) is 11.1 Å². The first-order valence-electron chi connectivity index (χ1n) is 11.7. The zero-order valence-corrected chi connectivity index (χ0v) is 19.0. The van der Waals surface area contributed by atoms with Crippen LogP contribution in [0.2, 0.25) is 0 Å². The number of ether oxygens (including phenoxy) is 2. The molecule has 0 bridgehead atoms. The van der Waals surface area contributed by atoms with Gasteiger partial charge in [-0.15, -0.1) is 0 Å². The van der Waals surface area contributed by atoms with Crippen molar-refractivity contribution in [1.82, 2.24) is 15.2 Å². The molecule has 1 saturated heterocycles. The molecule has 0 spiro atoms. The fraction of sp³-hybridized carbons (Fsp3) is 0.739. The standard InChI is InChI=1S/C23H33F3N4O3/c1-32-20-14-33-9-4-19(20)29-17-2-5-22(11-17,6-7-27)21(31)30-8-3-18-15(13-30)10-16(12-28-18)23(24,25)26/h10,12,17,19-20,29H,2-9,11,13-14,27H2,1H3/t17-,19+,20?,22-/m1/s1. The monoisotopic (exact) mass is 470 g/mol. The summed E-state index contributed by atoms with van der Waals surface area (Å²) >= 11 is 0. The molecule has 0 radical (unpaired) electrons. The van der Waals surface area contributed by atoms with Gasteiger partial charge in [0.2, 0.25) is 5.91 Å². The Balaban J connectivity index is 1.46. The summed E-state index contributed by atoms with van der Waals surface area (Å²) < 4.78 is 50.5. The Morgan fingerprint density at radius 2 is 2.24 bits per heavy atom. The Morgan fingerprint density at radius 1 is 1.42 bits per heavy atom. The number of carbonyl (C=O) groups is 1. The number of aromatic nitrogens is 1. The quantitative estimate of drug-likeness (QED) is 0.663. The molecule has 3 aliphatic rings. The van der Waals surface area contributed by atoms with E-state index in [2.05, 4.69) is 10.3 Å². The van der Waals surface area contributed by atoms with Crippen LogP contribution in [0.15, 0.2) is 12.3 Å². The van der Waals surface area contributed by atoms with Crippen molar-refractivity contribution in [1.29, 1.82) is 0 Å². The minimum atomic E-state index is -4.45. The van der Waals surface area contributed by atoms with E-state index in [9.17, 15) is 18.0 Å². The Labute approximate surface area is 192 Å². The number of pyridine rings is 1. The number of rotatable bonds is 6. The third kappa shape index (κ3) is 5.18. The normalized spacial score (nSPS) is 30.3. The fourth-order valence-corrected chi connectivity index (χ4v) is 5.60. The third-order valence-corrected chi connectivity index (χ3v) is 7.40. The second-order valence-electron chi connectivity index (χ2n) is 9.47. The molecule has 2 aliphatic heterocycles. The molecule has 1 aromatic heterocycles. The smallest absolute Gasteiger partial charge is 0.379 e. The molecule has 0 aromatic carbocycles. The van der Waals surface area contributed by atoms with Gasteiger partial charge >= 0.3 is 6.18 Å². The van der Waals surface area contributed by atoms with Crippen LogP contribution in [0.3, 0.4) is 0 Å². The SMILES string of the molecule is COC1COCC[C@@H]1N[C@@H]1CC[C@](CCN)(C(=O)N2CCc3ncc(C(F)(F)F)cc3C2)C1. The highest BCUT2D eigenvalue weighted by Gasteiger charge is 2.47. The van der Waals surface area contributed by atoms with Crippen LogP contribution in [0.1, 0.15) is 48.9 Å². The lowest BCUT2D eigenvalue weighted by Gasteiger charge is -2.38. The molecule has 4 rings (SSSR count). The van der Waals surface area contributed by atoms with Gasteiger partial charge in [-0.1, -0.05) is 0 Å². The number of carbonyl (C=O) groups excluding carboxylic acids is 1. The lowest BCUT2D eigenvalue weighted by Crippen LogP contribution is -2.51. The Morgan fingerprint density at radius 3 is 2.97 bits per heavy atom. The van der Waals surface area contributed by atoms with Gasteiger partial charge in [-0.25, -0.2) is 0 Å². The van der Waals surface area contributed by atoms with Crippen LogP contribution in [0.4, 0.5) is 13.2 Å². The first kappa shape index (κ1) is 24.4. The van der Waals surface area contributed by atoms with E-state index in [0.717, 1.165) is 25.1 Å². The first-order chi connectivity index (χ1) is 15.8. The maximum absolute atomic E-state index is 13.7. The summed E-state index contributed by atoms with van der Waals surface area (Å²) in [5.74, 6) is -0.00409. The highest BCUT2D eigenvalue weighted by molar-refractivity contribution is 5.83. The Bertz CT molecular complexity index is 853. The second kappa shape index (κ2) is 9.85. The van der Waals surface area contributed by atoms with Crippen LogP contribution in [0, 0.1) is 5.41 Å². The van der Waals surface area contributed by atoms with E-state index in [1.54, 1.807) is 12.0 Å². The molecular formula is C23H33F3N4O3. The van der Waals surface area contributed by atoms with E-state index in [1.807, 2.05) is 0 Å². The minimum Gasteiger partial charge on any atom is -0.379 e. The molecule has 1 aromatic rings. The zero-order valence-electron chi connectivity index (χ0n) is 19.0. The number of nitrogens with two attached hydrogens (primary N) is 1. The number of amides is 1. The summed E-state index contributed by atoms with van der Waals surface area (Å²) in [7, 11) is 1.68. The second-order valence-corrected chi connectivity index (χ2v) is 9.47. The number of nitrogens with one attached hydrogen (secondary N) is 1. The predicted molar refractivity (Wildman–Crippen MR) is 115 cm³/mol. The topological polar surface area (TPSA) is 89.7 Å². The van der Waals surface area contributed by atoms with Crippen molar-refractivity contribution in [3.05, 3.63) is 29.1 Å². The summed E-state index contributed by atoms with van der Waals surface area (Å²) in [6, 6.07) is 1.47. The Hall–Kier alpha value is -1.75. The molecule has 10 heteroatoms. The number of hydrogen-bond donors (Lipinski definition) is 2. The Kier molecular flexibility index (Phi) is 7.28. The molecule has 3 heterocycles. The number of hydrogen-bond acceptors (Lipinski definition) is 6. The van der Waals surface area contributed by atoms with E-state index in [1.165, 1.54) is 0 Å². The van der Waals surface area contributed by atoms with Gasteiger partial charge in [0.1, 0.15) is 0 Å². The maximum Gasteiger partial charge on any atom is 0.417 e. The van der Waals surface area contributed by atoms with E-state index < -0.39 is 17.2 Å². The molecule has 184 valence electrons. The van der Waals surface area contributed by atoms with Gasteiger partial charge in [0.15, 0.2) is 0 Å². The van der Waals surface area contributed by atoms with Gasteiger partial charge in [0, 0.05) is 57.2 Å². The average molecular weight is 471 g/mol. The van der Waals surface area contributed by atoms with Crippen LogP contribution in [-0.2, 0) is 33.4 Å². The predicted octanol–water partition coefficient (Wildman–Crippen LogP) is 2.27. The fourth-order valence-electron chi connectivity index (χ4n) is 5.60. The van der Waals surface area contributed by atoms with Crippen molar-refractivity contribution in [2.45, 2.75) is 69.4 Å². The lowest BCUT2D eigenvalue weighted by molar-refractivity contribution is -0.143. The molecule has 3 N–H and O–H groups in total. The van der Waals surface area contributed by atoms with Crippen LogP contribution < -0.4 is 11.1 Å². The van der Waals surface area contributed by atoms with Gasteiger partial charge < -0.3 is 25.4 Å². The summed E-state index contributed by atoms with van der Waals surface area (Å²) in [5.41, 5.74) is 5.66. The van der Waals surface area contributed by atoms with Crippen molar-refractivity contribution in [2.75, 3.05) is 33.4 Å². The summed E-state index contributed by atoms with van der Waals surface area (Å²) in [5, 5.41) is 3.68. The summed E-state index contributed by atoms with van der Waals surface area (Å²) in [6.45, 7) is 2.23. The molecule has 1 amide bonds. The number of fused-ring (bicyclic) bond motifs is 1. The van der Waals surface area contributed by atoms with Crippen LogP contribution in [0.5, 0.6) is 0 Å². The number of alkyl halides is 3. The maximum atomic E-state index is 13.7. The molecule has 33 heavy (non-hydrogen) atoms. The molecule has 7 nitrogen and oxygen atoms in total. The third-order valence-electron chi connectivity index (χ3n) is 7.40. The van der Waals surface area contributed by atoms with Crippen molar-refractivity contribution in [3.8, 4) is 0 Å². The van der Waals surface area contributed by atoms with Gasteiger partial charge in [-0.3, -0.25) is 9.78 Å². The molecule has 1 aliphatic carbocycles. The largest absolute Gasteiger partial charge is 0.417 e. The lowest BCUT2D eigenvalue weighted by atomic mass is 9.80. The number of nitrogens with zero attached hydrogens (tertiary/aromatic N) is 2. The summed E-state index contributed by atoms with van der Waals surface area (Å²) in [4.78, 5) is 19.4. The van der Waals surface area contributed by atoms with Gasteiger partial charge in [0.25, 0.3) is 0 Å². The van der Waals surface area contributed by atoms with E-state index >= 15 is 0 Å². The molecule has 1 unspecified atom stereocenters. The van der Waals surface area contributed by atoms with Crippen molar-refractivity contribution in [3.63, 3.8) is 0 Å². The van der Waals surface area contributed by atoms with Gasteiger partial charge in [-0.05, 0) is 50.3 Å². The van der Waals surface area contributed by atoms with Crippen molar-refractivity contribution >= 4 is 5.91 Å². The van der Waals surface area contributed by atoms with Crippen molar-refractivity contribution < 1.29 is 27.4 Å². The number of halogens is 3. The molecule has 2 fully saturated rings. The molecule has 4 atom stereocenters. The molecule has 1 saturated carbocycles. The zero-order chi connectivity index (χ0) is 23.6. The minimum absolute atomic E-state index is 0.00409. The molecular weight excluding hydrogens is 437 g/mol. The summed E-state index contributed by atoms with van der Waals surface area (Å²) in [6.07, 6.45) is 0.508. The first-order valence-corrected chi connectivity index (χ1v) is 11.7. The van der Waals surface area contributed by atoms with Gasteiger partial charge in [0.05, 0.1) is 23.7 Å². The highest BCUT2D eigenvalue weighted by Crippen LogP contribution is 2.44. The number of methoxy groups -OCH3 is 1. The van der Waals surface area contributed by atoms with E-state index in [-0.39, 0.29) is 30.6 Å². The van der Waals surface area contributed by atoms with Crippen LogP contribution >= 0.6 is 0 Å².